The minimum Gasteiger partial charge on any atom is -0.370 e. The van der Waals surface area contributed by atoms with E-state index in [1.165, 1.54) is 18.6 Å². The third-order valence-corrected chi connectivity index (χ3v) is 5.02. The third-order valence-electron chi connectivity index (χ3n) is 2.18. The van der Waals surface area contributed by atoms with Gasteiger partial charge in [0, 0.05) is 42.7 Å². The van der Waals surface area contributed by atoms with Crippen LogP contribution in [0.1, 0.15) is 0 Å². The number of hydrogen-bond acceptors (Lipinski definition) is 5. The van der Waals surface area contributed by atoms with E-state index in [4.69, 9.17) is 10.5 Å². The van der Waals surface area contributed by atoms with Gasteiger partial charge in [0.25, 0.3) is 0 Å². The molecule has 1 saturated heterocycles. The molecule has 1 heterocycles. The lowest BCUT2D eigenvalue weighted by Crippen LogP contribution is -2.43. The van der Waals surface area contributed by atoms with Crippen molar-refractivity contribution in [1.29, 1.82) is 0 Å². The van der Waals surface area contributed by atoms with Crippen LogP contribution in [0.5, 0.6) is 0 Å². The Hall–Kier alpha value is 0.380. The van der Waals surface area contributed by atoms with Crippen LogP contribution in [0.15, 0.2) is 0 Å². The van der Waals surface area contributed by atoms with Crippen LogP contribution < -0.4 is 11.1 Å². The molecule has 0 radical (unpaired) electrons. The van der Waals surface area contributed by atoms with Gasteiger partial charge in [0.15, 0.2) is 0 Å². The monoisotopic (exact) mass is 286 g/mol. The average Bonchev–Trinajstić information content (AvgIpc) is 2.29. The van der Waals surface area contributed by atoms with E-state index < -0.39 is 6.10 Å². The summed E-state index contributed by atoms with van der Waals surface area (Å²) in [5.74, 6) is 3.41. The van der Waals surface area contributed by atoms with Crippen LogP contribution in [0.4, 0.5) is 0 Å². The van der Waals surface area contributed by atoms with E-state index in [2.05, 4.69) is 5.32 Å². The van der Waals surface area contributed by atoms with Gasteiger partial charge < -0.3 is 15.8 Å². The van der Waals surface area contributed by atoms with E-state index in [-0.39, 0.29) is 24.9 Å². The molecule has 0 aromatic carbocycles. The Balaban J connectivity index is 0.00000225. The van der Waals surface area contributed by atoms with E-state index >= 15 is 0 Å². The Morgan fingerprint density at radius 3 is 2.88 bits per heavy atom. The van der Waals surface area contributed by atoms with Crippen LogP contribution in [-0.4, -0.2) is 54.7 Å². The molecule has 1 rings (SSSR count). The van der Waals surface area contributed by atoms with Crippen molar-refractivity contribution < 1.29 is 9.53 Å². The topological polar surface area (TPSA) is 64.3 Å². The van der Waals surface area contributed by atoms with Crippen LogP contribution >= 0.6 is 35.9 Å². The summed E-state index contributed by atoms with van der Waals surface area (Å²) in [6, 6.07) is 0. The van der Waals surface area contributed by atoms with E-state index in [1.807, 2.05) is 23.5 Å². The minimum atomic E-state index is -0.508. The quantitative estimate of drug-likeness (QED) is 0.763. The normalized spacial score (nSPS) is 22.0. The van der Waals surface area contributed by atoms with Gasteiger partial charge >= 0.3 is 0 Å². The summed E-state index contributed by atoms with van der Waals surface area (Å²) in [4.78, 5) is 11.5. The molecule has 0 saturated carbocycles. The molecule has 1 aliphatic heterocycles. The maximum Gasteiger partial charge on any atom is 0.250 e. The second-order valence-corrected chi connectivity index (χ2v) is 5.83. The summed E-state index contributed by atoms with van der Waals surface area (Å²) in [6.45, 7) is 0.950. The molecule has 3 N–H and O–H groups in total. The molecule has 0 bridgehead atoms. The first kappa shape index (κ1) is 16.4. The molecule has 0 aliphatic carbocycles. The largest absolute Gasteiger partial charge is 0.370 e. The number of halogens is 1. The number of rotatable bonds is 5. The van der Waals surface area contributed by atoms with Crippen LogP contribution in [0.2, 0.25) is 0 Å². The zero-order valence-electron chi connectivity index (χ0n) is 9.31. The smallest absolute Gasteiger partial charge is 0.250 e. The minimum absolute atomic E-state index is 0. The van der Waals surface area contributed by atoms with Crippen LogP contribution in [-0.2, 0) is 9.53 Å². The Morgan fingerprint density at radius 2 is 2.38 bits per heavy atom. The van der Waals surface area contributed by atoms with Gasteiger partial charge in [0.1, 0.15) is 6.10 Å². The number of thioether (sulfide) groups is 2. The van der Waals surface area contributed by atoms with Gasteiger partial charge in [-0.1, -0.05) is 0 Å². The number of carbonyl (C=O) groups is 1. The van der Waals surface area contributed by atoms with Gasteiger partial charge in [-0.25, -0.2) is 0 Å². The summed E-state index contributed by atoms with van der Waals surface area (Å²) in [5, 5.41) is 3.41. The number of nitrogens with one attached hydrogen (secondary N) is 1. The molecular weight excluding hydrogens is 268 g/mol. The molecule has 0 aromatic rings. The van der Waals surface area contributed by atoms with Gasteiger partial charge in [0.2, 0.25) is 5.91 Å². The molecule has 2 atom stereocenters. The predicted octanol–water partition coefficient (Wildman–Crippen LogP) is 0.347. The van der Waals surface area contributed by atoms with Crippen molar-refractivity contribution in [3.63, 3.8) is 0 Å². The average molecular weight is 287 g/mol. The molecule has 1 amide bonds. The third kappa shape index (κ3) is 5.63. The lowest BCUT2D eigenvalue weighted by Gasteiger charge is -2.22. The van der Waals surface area contributed by atoms with Gasteiger partial charge in [-0.05, 0) is 0 Å². The molecule has 2 unspecified atom stereocenters. The molecule has 7 heteroatoms. The number of ether oxygens (including phenoxy) is 1. The highest BCUT2D eigenvalue weighted by atomic mass is 35.5. The maximum absolute atomic E-state index is 11.5. The van der Waals surface area contributed by atoms with Crippen molar-refractivity contribution in [2.75, 3.05) is 37.5 Å². The fourth-order valence-electron chi connectivity index (χ4n) is 1.29. The zero-order valence-corrected chi connectivity index (χ0v) is 11.8. The molecule has 0 aromatic heterocycles. The number of amides is 1. The fraction of sp³-hybridized carbons (Fsp3) is 0.889. The highest BCUT2D eigenvalue weighted by molar-refractivity contribution is 8.06. The first-order valence-corrected chi connectivity index (χ1v) is 7.18. The van der Waals surface area contributed by atoms with E-state index in [0.29, 0.717) is 5.25 Å². The van der Waals surface area contributed by atoms with Crippen LogP contribution in [0, 0.1) is 0 Å². The van der Waals surface area contributed by atoms with Gasteiger partial charge in [-0.2, -0.15) is 23.5 Å². The number of hydrogen-bond donors (Lipinski definition) is 2. The Morgan fingerprint density at radius 1 is 1.62 bits per heavy atom. The van der Waals surface area contributed by atoms with E-state index in [0.717, 1.165) is 12.3 Å². The first-order chi connectivity index (χ1) is 7.27. The van der Waals surface area contributed by atoms with E-state index in [9.17, 15) is 4.79 Å². The zero-order chi connectivity index (χ0) is 11.1. The van der Waals surface area contributed by atoms with Crippen LogP contribution in [0.25, 0.3) is 0 Å². The molecular formula is C9H19ClN2O2S2. The second kappa shape index (κ2) is 9.41. The fourth-order valence-corrected chi connectivity index (χ4v) is 3.90. The number of carbonyl (C=O) groups excluding carboxylic acids is 1. The second-order valence-electron chi connectivity index (χ2n) is 3.27. The van der Waals surface area contributed by atoms with E-state index in [1.54, 1.807) is 0 Å². The molecule has 16 heavy (non-hydrogen) atoms. The lowest BCUT2D eigenvalue weighted by atomic mass is 10.3. The van der Waals surface area contributed by atoms with Crippen molar-refractivity contribution in [2.45, 2.75) is 11.4 Å². The number of methoxy groups -OCH3 is 1. The summed E-state index contributed by atoms with van der Waals surface area (Å²) >= 11 is 3.87. The standard InChI is InChI=1S/C9H18N2O2S2.ClH/c1-13-8(4-10)9(12)11-5-7-6-14-2-3-15-7;/h7-8H,2-6,10H2,1H3,(H,11,12);1H. The molecule has 4 nitrogen and oxygen atoms in total. The van der Waals surface area contributed by atoms with Crippen molar-refractivity contribution in [2.24, 2.45) is 5.73 Å². The number of nitrogens with two attached hydrogens (primary N) is 1. The summed E-state index contributed by atoms with van der Waals surface area (Å²) in [5.41, 5.74) is 5.40. The Labute approximate surface area is 111 Å². The van der Waals surface area contributed by atoms with Gasteiger partial charge in [-0.3, -0.25) is 4.79 Å². The van der Waals surface area contributed by atoms with Crippen molar-refractivity contribution in [3.8, 4) is 0 Å². The maximum atomic E-state index is 11.5. The van der Waals surface area contributed by atoms with Crippen molar-refractivity contribution in [1.82, 2.24) is 5.32 Å². The summed E-state index contributed by atoms with van der Waals surface area (Å²) in [7, 11) is 1.50. The van der Waals surface area contributed by atoms with Gasteiger partial charge in [0.05, 0.1) is 0 Å². The highest BCUT2D eigenvalue weighted by Gasteiger charge is 2.19. The molecule has 1 aliphatic rings. The first-order valence-electron chi connectivity index (χ1n) is 4.98. The van der Waals surface area contributed by atoms with Crippen molar-refractivity contribution >= 4 is 41.8 Å². The molecule has 96 valence electrons. The lowest BCUT2D eigenvalue weighted by molar-refractivity contribution is -0.130. The Bertz CT molecular complexity index is 200. The molecule has 1 fully saturated rings. The Kier molecular flexibility index (Phi) is 9.64. The van der Waals surface area contributed by atoms with Crippen molar-refractivity contribution in [3.05, 3.63) is 0 Å². The SMILES string of the molecule is COC(CN)C(=O)NCC1CSCCS1.Cl. The molecule has 0 spiro atoms. The summed E-state index contributed by atoms with van der Waals surface area (Å²) < 4.78 is 4.95. The van der Waals surface area contributed by atoms with Crippen LogP contribution in [0.3, 0.4) is 0 Å². The predicted molar refractivity (Wildman–Crippen MR) is 73.7 cm³/mol. The van der Waals surface area contributed by atoms with Gasteiger partial charge in [-0.15, -0.1) is 12.4 Å². The summed E-state index contributed by atoms with van der Waals surface area (Å²) in [6.07, 6.45) is -0.508. The highest BCUT2D eigenvalue weighted by Crippen LogP contribution is 2.23.